The zero-order valence-electron chi connectivity index (χ0n) is 6.33. The molecule has 0 aromatic carbocycles. The van der Waals surface area contributed by atoms with E-state index in [-0.39, 0.29) is 16.5 Å². The van der Waals surface area contributed by atoms with Crippen LogP contribution in [-0.2, 0) is 6.54 Å². The van der Waals surface area contributed by atoms with Crippen molar-refractivity contribution in [2.45, 2.75) is 6.54 Å². The van der Waals surface area contributed by atoms with Crippen LogP contribution in [0.5, 0.6) is 0 Å². The molecule has 0 amide bonds. The van der Waals surface area contributed by atoms with Crippen molar-refractivity contribution in [1.82, 2.24) is 9.55 Å². The fourth-order valence-corrected chi connectivity index (χ4v) is 1.01. The Morgan fingerprint density at radius 3 is 3.08 bits per heavy atom. The van der Waals surface area contributed by atoms with Crippen molar-refractivity contribution < 1.29 is 0 Å². The van der Waals surface area contributed by atoms with Crippen molar-refractivity contribution in [3.8, 4) is 0 Å². The van der Waals surface area contributed by atoms with E-state index in [2.05, 4.69) is 11.6 Å². The summed E-state index contributed by atoms with van der Waals surface area (Å²) in [5.41, 5.74) is 4.94. The maximum absolute atomic E-state index is 11.2. The van der Waals surface area contributed by atoms with Crippen LogP contribution in [0.4, 0.5) is 5.82 Å². The van der Waals surface area contributed by atoms with E-state index in [0.29, 0.717) is 6.54 Å². The molecule has 0 saturated heterocycles. The van der Waals surface area contributed by atoms with Gasteiger partial charge < -0.3 is 10.3 Å². The molecule has 5 heteroatoms. The first-order valence-corrected chi connectivity index (χ1v) is 3.66. The number of nitrogens with two attached hydrogens (primary N) is 1. The zero-order valence-corrected chi connectivity index (χ0v) is 7.08. The Labute approximate surface area is 74.3 Å². The van der Waals surface area contributed by atoms with Crippen molar-refractivity contribution in [3.63, 3.8) is 0 Å². The van der Waals surface area contributed by atoms with E-state index in [0.717, 1.165) is 0 Å². The molecule has 1 heterocycles. The molecule has 0 spiro atoms. The molecule has 0 bridgehead atoms. The van der Waals surface area contributed by atoms with E-state index < -0.39 is 0 Å². The van der Waals surface area contributed by atoms with Crippen LogP contribution in [0, 0.1) is 0 Å². The van der Waals surface area contributed by atoms with Gasteiger partial charge in [-0.1, -0.05) is 17.7 Å². The summed E-state index contributed by atoms with van der Waals surface area (Å²) < 4.78 is 1.34. The highest BCUT2D eigenvalue weighted by atomic mass is 35.5. The first-order chi connectivity index (χ1) is 5.65. The molecular weight excluding hydrogens is 178 g/mol. The van der Waals surface area contributed by atoms with Crippen LogP contribution >= 0.6 is 11.6 Å². The summed E-state index contributed by atoms with van der Waals surface area (Å²) in [4.78, 5) is 14.8. The molecule has 0 aliphatic heterocycles. The number of nitrogens with zero attached hydrogens (tertiary/aromatic N) is 2. The first kappa shape index (κ1) is 8.80. The van der Waals surface area contributed by atoms with Crippen molar-refractivity contribution >= 4 is 17.4 Å². The molecule has 2 N–H and O–H groups in total. The fourth-order valence-electron chi connectivity index (χ4n) is 0.801. The van der Waals surface area contributed by atoms with Gasteiger partial charge in [0.25, 0.3) is 5.56 Å². The lowest BCUT2D eigenvalue weighted by Gasteiger charge is -2.02. The minimum atomic E-state index is -0.348. The van der Waals surface area contributed by atoms with Gasteiger partial charge in [0.05, 0.1) is 0 Å². The van der Waals surface area contributed by atoms with Gasteiger partial charge in [0.2, 0.25) is 0 Å². The number of nitrogen functional groups attached to an aromatic ring is 1. The largest absolute Gasteiger partial charge is 0.379 e. The third-order valence-corrected chi connectivity index (χ3v) is 1.48. The van der Waals surface area contributed by atoms with Gasteiger partial charge in [-0.2, -0.15) is 0 Å². The molecule has 4 nitrogen and oxygen atoms in total. The maximum Gasteiger partial charge on any atom is 0.293 e. The second-order valence-corrected chi connectivity index (χ2v) is 2.58. The number of aromatic nitrogens is 2. The first-order valence-electron chi connectivity index (χ1n) is 3.28. The molecule has 1 aromatic heterocycles. The molecule has 0 fully saturated rings. The van der Waals surface area contributed by atoms with Crippen molar-refractivity contribution in [1.29, 1.82) is 0 Å². The lowest BCUT2D eigenvalue weighted by Crippen LogP contribution is -2.23. The monoisotopic (exact) mass is 185 g/mol. The molecule has 0 radical (unpaired) electrons. The van der Waals surface area contributed by atoms with Crippen LogP contribution in [-0.4, -0.2) is 9.55 Å². The van der Waals surface area contributed by atoms with Gasteiger partial charge in [0.15, 0.2) is 5.82 Å². The van der Waals surface area contributed by atoms with Gasteiger partial charge in [-0.05, 0) is 0 Å². The van der Waals surface area contributed by atoms with Crippen LogP contribution in [0.1, 0.15) is 0 Å². The average molecular weight is 186 g/mol. The van der Waals surface area contributed by atoms with Gasteiger partial charge in [-0.3, -0.25) is 4.79 Å². The standard InChI is InChI=1S/C7H8ClN3O/c1-2-3-11-4-5(8)10-6(9)7(11)12/h2,4H,1,3H2,(H2,9,10). The van der Waals surface area contributed by atoms with Gasteiger partial charge in [-0.15, -0.1) is 6.58 Å². The van der Waals surface area contributed by atoms with E-state index in [1.54, 1.807) is 6.08 Å². The van der Waals surface area contributed by atoms with Crippen LogP contribution in [0.15, 0.2) is 23.6 Å². The second-order valence-electron chi connectivity index (χ2n) is 2.20. The molecule has 0 unspecified atom stereocenters. The fraction of sp³-hybridized carbons (Fsp3) is 0.143. The number of hydrogen-bond donors (Lipinski definition) is 1. The maximum atomic E-state index is 11.2. The predicted molar refractivity (Wildman–Crippen MR) is 48.1 cm³/mol. The normalized spacial score (nSPS) is 9.75. The number of hydrogen-bond acceptors (Lipinski definition) is 3. The van der Waals surface area contributed by atoms with Crippen molar-refractivity contribution in [3.05, 3.63) is 34.4 Å². The topological polar surface area (TPSA) is 60.9 Å². The average Bonchev–Trinajstić information content (AvgIpc) is 2.00. The number of anilines is 1. The highest BCUT2D eigenvalue weighted by Crippen LogP contribution is 2.02. The van der Waals surface area contributed by atoms with Crippen molar-refractivity contribution in [2.24, 2.45) is 0 Å². The summed E-state index contributed by atoms with van der Waals surface area (Å²) in [7, 11) is 0. The highest BCUT2D eigenvalue weighted by molar-refractivity contribution is 6.29. The van der Waals surface area contributed by atoms with E-state index in [1.807, 2.05) is 0 Å². The Morgan fingerprint density at radius 2 is 2.50 bits per heavy atom. The van der Waals surface area contributed by atoms with E-state index in [4.69, 9.17) is 17.3 Å². The van der Waals surface area contributed by atoms with Crippen LogP contribution in [0.25, 0.3) is 0 Å². The van der Waals surface area contributed by atoms with Gasteiger partial charge in [0.1, 0.15) is 5.15 Å². The molecule has 1 aromatic rings. The summed E-state index contributed by atoms with van der Waals surface area (Å²) in [5.74, 6) is -0.0932. The predicted octanol–water partition coefficient (Wildman–Crippen LogP) is 0.665. The third-order valence-electron chi connectivity index (χ3n) is 1.30. The van der Waals surface area contributed by atoms with Crippen LogP contribution < -0.4 is 11.3 Å². The van der Waals surface area contributed by atoms with E-state index in [1.165, 1.54) is 10.8 Å². The molecule has 0 atom stereocenters. The second kappa shape index (κ2) is 3.40. The summed E-state index contributed by atoms with van der Waals surface area (Å²) in [6.07, 6.45) is 3.00. The van der Waals surface area contributed by atoms with Gasteiger partial charge >= 0.3 is 0 Å². The lowest BCUT2D eigenvalue weighted by molar-refractivity contribution is 0.772. The zero-order chi connectivity index (χ0) is 9.14. The molecule has 0 aliphatic rings. The number of halogens is 1. The third kappa shape index (κ3) is 1.65. The van der Waals surface area contributed by atoms with E-state index in [9.17, 15) is 4.79 Å². The smallest absolute Gasteiger partial charge is 0.293 e. The van der Waals surface area contributed by atoms with Crippen molar-refractivity contribution in [2.75, 3.05) is 5.73 Å². The Hall–Kier alpha value is -1.29. The molecule has 12 heavy (non-hydrogen) atoms. The minimum absolute atomic E-state index is 0.0932. The minimum Gasteiger partial charge on any atom is -0.379 e. The van der Waals surface area contributed by atoms with Gasteiger partial charge in [-0.25, -0.2) is 4.98 Å². The molecule has 64 valence electrons. The molecule has 1 rings (SSSR count). The summed E-state index contributed by atoms with van der Waals surface area (Å²) in [6, 6.07) is 0. The lowest BCUT2D eigenvalue weighted by atomic mass is 10.5. The van der Waals surface area contributed by atoms with Gasteiger partial charge in [0, 0.05) is 12.7 Å². The number of rotatable bonds is 2. The Balaban J connectivity index is 3.27. The molecule has 0 saturated carbocycles. The Morgan fingerprint density at radius 1 is 1.83 bits per heavy atom. The van der Waals surface area contributed by atoms with Crippen LogP contribution in [0.2, 0.25) is 5.15 Å². The summed E-state index contributed by atoms with van der Waals surface area (Å²) in [5, 5.41) is 0.203. The summed E-state index contributed by atoms with van der Waals surface area (Å²) >= 11 is 5.57. The Bertz CT molecular complexity index is 358. The quantitative estimate of drug-likeness (QED) is 0.689. The Kier molecular flexibility index (Phi) is 2.50. The summed E-state index contributed by atoms with van der Waals surface area (Å²) in [6.45, 7) is 3.87. The van der Waals surface area contributed by atoms with E-state index >= 15 is 0 Å². The highest BCUT2D eigenvalue weighted by Gasteiger charge is 2.01. The molecular formula is C7H8ClN3O. The SMILES string of the molecule is C=CCn1cc(Cl)nc(N)c1=O. The van der Waals surface area contributed by atoms with Crippen LogP contribution in [0.3, 0.4) is 0 Å². The molecule has 0 aliphatic carbocycles. The number of allylic oxidation sites excluding steroid dienone is 1.